The van der Waals surface area contributed by atoms with Crippen LogP contribution in [-0.2, 0) is 0 Å². The van der Waals surface area contributed by atoms with E-state index in [0.717, 1.165) is 23.6 Å². The van der Waals surface area contributed by atoms with Crippen LogP contribution in [-0.4, -0.2) is 28.6 Å². The normalized spacial score (nSPS) is 17.5. The molecule has 1 aliphatic heterocycles. The third-order valence-corrected chi connectivity index (χ3v) is 4.06. The number of aromatic nitrogens is 2. The first-order valence-electron chi connectivity index (χ1n) is 6.19. The Morgan fingerprint density at radius 1 is 1.47 bits per heavy atom. The minimum Gasteiger partial charge on any atom is -0.330 e. The molecular weight excluding hydrogens is 260 g/mol. The first-order valence-corrected chi connectivity index (χ1v) is 6.97. The van der Waals surface area contributed by atoms with E-state index in [2.05, 4.69) is 15.7 Å². The number of nitrogens with zero attached hydrogens (tertiary/aromatic N) is 3. The van der Waals surface area contributed by atoms with Crippen molar-refractivity contribution in [2.75, 3.05) is 18.0 Å². The van der Waals surface area contributed by atoms with Gasteiger partial charge in [0.2, 0.25) is 0 Å². The molecule has 2 aromatic rings. The van der Waals surface area contributed by atoms with Gasteiger partial charge in [-0.2, -0.15) is 0 Å². The van der Waals surface area contributed by atoms with E-state index in [9.17, 15) is 4.79 Å². The number of nitrogens with two attached hydrogens (primary N) is 1. The van der Waals surface area contributed by atoms with Crippen molar-refractivity contribution >= 4 is 23.1 Å². The molecule has 1 unspecified atom stereocenters. The van der Waals surface area contributed by atoms with Crippen molar-refractivity contribution in [3.63, 3.8) is 0 Å². The molecule has 2 heterocycles. The van der Waals surface area contributed by atoms with Crippen LogP contribution in [0, 0.1) is 0 Å². The van der Waals surface area contributed by atoms with Gasteiger partial charge in [-0.25, -0.2) is 0 Å². The van der Waals surface area contributed by atoms with Crippen LogP contribution in [0.1, 0.15) is 27.6 Å². The summed E-state index contributed by atoms with van der Waals surface area (Å²) in [4.78, 5) is 14.8. The zero-order valence-corrected chi connectivity index (χ0v) is 11.1. The summed E-state index contributed by atoms with van der Waals surface area (Å²) in [6.07, 6.45) is 2.41. The van der Waals surface area contributed by atoms with Gasteiger partial charge in [-0.05, 0) is 36.1 Å². The van der Waals surface area contributed by atoms with Gasteiger partial charge in [0.25, 0.3) is 5.91 Å². The van der Waals surface area contributed by atoms with Gasteiger partial charge in [-0.1, -0.05) is 22.7 Å². The Morgan fingerprint density at radius 2 is 2.32 bits per heavy atom. The second kappa shape index (κ2) is 5.07. The van der Waals surface area contributed by atoms with Crippen LogP contribution in [0.5, 0.6) is 0 Å². The van der Waals surface area contributed by atoms with E-state index in [1.807, 2.05) is 23.1 Å². The summed E-state index contributed by atoms with van der Waals surface area (Å²) < 4.78 is 3.75. The summed E-state index contributed by atoms with van der Waals surface area (Å²) in [5, 5.41) is 3.73. The fourth-order valence-corrected chi connectivity index (χ4v) is 3.00. The smallest absolute Gasteiger partial charge is 0.271 e. The second-order valence-electron chi connectivity index (χ2n) is 4.53. The maximum absolute atomic E-state index is 12.4. The number of fused-ring (bicyclic) bond motifs is 1. The maximum atomic E-state index is 12.4. The van der Waals surface area contributed by atoms with Crippen molar-refractivity contribution in [2.24, 2.45) is 5.73 Å². The number of carbonyl (C=O) groups excluding carboxylic acids is 1. The third kappa shape index (κ3) is 2.13. The van der Waals surface area contributed by atoms with Gasteiger partial charge < -0.3 is 10.6 Å². The van der Waals surface area contributed by atoms with Crippen LogP contribution in [0.3, 0.4) is 0 Å². The summed E-state index contributed by atoms with van der Waals surface area (Å²) in [6, 6.07) is 8.02. The lowest BCUT2D eigenvalue weighted by Gasteiger charge is -2.16. The highest BCUT2D eigenvalue weighted by atomic mass is 32.1. The molecule has 0 saturated carbocycles. The van der Waals surface area contributed by atoms with E-state index in [0.29, 0.717) is 23.9 Å². The van der Waals surface area contributed by atoms with Crippen LogP contribution >= 0.6 is 11.5 Å². The van der Waals surface area contributed by atoms with Crippen molar-refractivity contribution in [1.82, 2.24) is 9.59 Å². The molecule has 1 aromatic heterocycles. The van der Waals surface area contributed by atoms with E-state index in [1.165, 1.54) is 11.8 Å². The van der Waals surface area contributed by atoms with Crippen molar-refractivity contribution in [1.29, 1.82) is 0 Å². The van der Waals surface area contributed by atoms with Crippen LogP contribution in [0.2, 0.25) is 0 Å². The van der Waals surface area contributed by atoms with Gasteiger partial charge in [0.1, 0.15) is 4.88 Å². The molecular formula is C13H14N4OS. The molecule has 0 bridgehead atoms. The highest BCUT2D eigenvalue weighted by Crippen LogP contribution is 2.38. The monoisotopic (exact) mass is 274 g/mol. The molecule has 1 aliphatic rings. The number of hydrogen-bond acceptors (Lipinski definition) is 5. The summed E-state index contributed by atoms with van der Waals surface area (Å²) in [5.41, 5.74) is 7.85. The average molecular weight is 274 g/mol. The van der Waals surface area contributed by atoms with Crippen LogP contribution in [0.15, 0.2) is 30.5 Å². The fraction of sp³-hybridized carbons (Fsp3) is 0.308. The number of carbonyl (C=O) groups is 1. The lowest BCUT2D eigenvalue weighted by molar-refractivity contribution is 0.0991. The summed E-state index contributed by atoms with van der Waals surface area (Å²) >= 11 is 1.13. The largest absolute Gasteiger partial charge is 0.330 e. The Labute approximate surface area is 115 Å². The zero-order valence-electron chi connectivity index (χ0n) is 10.3. The Bertz CT molecular complexity index is 584. The van der Waals surface area contributed by atoms with E-state index in [4.69, 9.17) is 5.73 Å². The molecule has 98 valence electrons. The minimum atomic E-state index is -0.0260. The first-order chi connectivity index (χ1) is 9.31. The molecule has 0 saturated heterocycles. The van der Waals surface area contributed by atoms with E-state index >= 15 is 0 Å². The van der Waals surface area contributed by atoms with Crippen molar-refractivity contribution in [3.8, 4) is 0 Å². The predicted molar refractivity (Wildman–Crippen MR) is 74.4 cm³/mol. The molecule has 1 amide bonds. The van der Waals surface area contributed by atoms with E-state index < -0.39 is 0 Å². The highest BCUT2D eigenvalue weighted by molar-refractivity contribution is 7.07. The van der Waals surface area contributed by atoms with Crippen LogP contribution in [0.25, 0.3) is 0 Å². The number of para-hydroxylation sites is 1. The van der Waals surface area contributed by atoms with Gasteiger partial charge >= 0.3 is 0 Å². The topological polar surface area (TPSA) is 72.1 Å². The first kappa shape index (κ1) is 12.3. The molecule has 1 atom stereocenters. The molecule has 2 N–H and O–H groups in total. The quantitative estimate of drug-likeness (QED) is 0.923. The molecule has 19 heavy (non-hydrogen) atoms. The lowest BCUT2D eigenvalue weighted by atomic mass is 9.98. The lowest BCUT2D eigenvalue weighted by Crippen LogP contribution is -2.29. The van der Waals surface area contributed by atoms with Crippen LogP contribution < -0.4 is 10.6 Å². The maximum Gasteiger partial charge on any atom is 0.271 e. The average Bonchev–Trinajstić information content (AvgIpc) is 3.07. The number of hydrogen-bond donors (Lipinski definition) is 1. The predicted octanol–water partition coefficient (Wildman–Crippen LogP) is 1.63. The summed E-state index contributed by atoms with van der Waals surface area (Å²) in [7, 11) is 0. The molecule has 6 heteroatoms. The van der Waals surface area contributed by atoms with E-state index in [-0.39, 0.29) is 5.91 Å². The Kier molecular flexibility index (Phi) is 3.27. The van der Waals surface area contributed by atoms with E-state index in [1.54, 1.807) is 0 Å². The van der Waals surface area contributed by atoms with Gasteiger partial charge in [0, 0.05) is 18.2 Å². The molecule has 3 rings (SSSR count). The second-order valence-corrected chi connectivity index (χ2v) is 5.32. The Hall–Kier alpha value is -1.79. The molecule has 0 fully saturated rings. The third-order valence-electron chi connectivity index (χ3n) is 3.40. The van der Waals surface area contributed by atoms with Gasteiger partial charge in [0.05, 0.1) is 6.20 Å². The van der Waals surface area contributed by atoms with Crippen molar-refractivity contribution < 1.29 is 4.79 Å². The zero-order chi connectivity index (χ0) is 13.2. The Morgan fingerprint density at radius 3 is 3.05 bits per heavy atom. The van der Waals surface area contributed by atoms with Crippen molar-refractivity contribution in [2.45, 2.75) is 12.3 Å². The fourth-order valence-electron chi connectivity index (χ4n) is 2.53. The molecule has 5 nitrogen and oxygen atoms in total. The molecule has 0 radical (unpaired) electrons. The van der Waals surface area contributed by atoms with Gasteiger partial charge in [-0.15, -0.1) is 5.10 Å². The molecule has 1 aromatic carbocycles. The summed E-state index contributed by atoms with van der Waals surface area (Å²) in [6.45, 7) is 1.32. The van der Waals surface area contributed by atoms with Gasteiger partial charge in [0.15, 0.2) is 0 Å². The van der Waals surface area contributed by atoms with Crippen molar-refractivity contribution in [3.05, 3.63) is 40.9 Å². The summed E-state index contributed by atoms with van der Waals surface area (Å²) in [5.74, 6) is 0.299. The number of amides is 1. The number of rotatable bonds is 3. The minimum absolute atomic E-state index is 0.0260. The van der Waals surface area contributed by atoms with Crippen LogP contribution in [0.4, 0.5) is 5.69 Å². The number of anilines is 1. The SMILES string of the molecule is NCCC1CN(C(=O)c2cnns2)c2ccccc21. The highest BCUT2D eigenvalue weighted by Gasteiger charge is 2.32. The standard InChI is InChI=1S/C13H14N4OS/c14-6-5-9-8-17(11-4-2-1-3-10(9)11)13(18)12-7-15-16-19-12/h1-4,7,9H,5-6,8,14H2. The molecule has 0 aliphatic carbocycles. The molecule has 0 spiro atoms. The Balaban J connectivity index is 1.94. The number of benzene rings is 1. The van der Waals surface area contributed by atoms with Gasteiger partial charge in [-0.3, -0.25) is 4.79 Å².